The minimum absolute atomic E-state index is 0. The van der Waals surface area contributed by atoms with E-state index in [4.69, 9.17) is 0 Å². The smallest absolute Gasteiger partial charge is 0.226 e. The predicted octanol–water partition coefficient (Wildman–Crippen LogP) is 2.67. The van der Waals surface area contributed by atoms with Gasteiger partial charge in [-0.25, -0.2) is 0 Å². The van der Waals surface area contributed by atoms with Gasteiger partial charge in [-0.1, -0.05) is 0 Å². The first-order chi connectivity index (χ1) is 8.77. The molecule has 0 aliphatic carbocycles. The zero-order valence-corrected chi connectivity index (χ0v) is 13.4. The lowest BCUT2D eigenvalue weighted by Crippen LogP contribution is -2.30. The van der Waals surface area contributed by atoms with Crippen LogP contribution in [0.25, 0.3) is 0 Å². The van der Waals surface area contributed by atoms with Crippen molar-refractivity contribution in [1.29, 1.82) is 0 Å². The molecule has 1 amide bonds. The molecule has 0 atom stereocenters. The number of nitrogens with zero attached hydrogens (tertiary/aromatic N) is 2. The summed E-state index contributed by atoms with van der Waals surface area (Å²) in [6, 6.07) is 3.77. The molecule has 2 heterocycles. The van der Waals surface area contributed by atoms with Crippen LogP contribution < -0.4 is 10.2 Å². The summed E-state index contributed by atoms with van der Waals surface area (Å²) in [5.74, 6) is 0.888. The normalized spacial score (nSPS) is 14.8. The monoisotopic (exact) mass is 319 g/mol. The van der Waals surface area contributed by atoms with Gasteiger partial charge in [0, 0.05) is 19.7 Å². The summed E-state index contributed by atoms with van der Waals surface area (Å²) in [4.78, 5) is 17.8. The number of carbonyl (C=O) groups is 1. The largest absolute Gasteiger partial charge is 0.317 e. The van der Waals surface area contributed by atoms with Gasteiger partial charge in [0.05, 0.1) is 11.9 Å². The minimum atomic E-state index is 0. The summed E-state index contributed by atoms with van der Waals surface area (Å²) in [5, 5.41) is 3.35. The molecule has 0 aromatic carbocycles. The van der Waals surface area contributed by atoms with Crippen molar-refractivity contribution in [2.24, 2.45) is 5.92 Å². The lowest BCUT2D eigenvalue weighted by Gasteiger charge is -2.23. The van der Waals surface area contributed by atoms with Crippen LogP contribution in [-0.2, 0) is 4.79 Å². The van der Waals surface area contributed by atoms with E-state index in [2.05, 4.69) is 10.3 Å². The molecule has 4 nitrogen and oxygen atoms in total. The topological polar surface area (TPSA) is 45.2 Å². The maximum Gasteiger partial charge on any atom is 0.226 e. The third-order valence-electron chi connectivity index (χ3n) is 3.63. The van der Waals surface area contributed by atoms with E-state index in [1.165, 1.54) is 12.8 Å². The first-order valence-corrected chi connectivity index (χ1v) is 6.64. The summed E-state index contributed by atoms with van der Waals surface area (Å²) >= 11 is 0. The van der Waals surface area contributed by atoms with Crippen LogP contribution in [0.15, 0.2) is 24.5 Å². The number of halogens is 2. The molecule has 0 unspecified atom stereocenters. The average molecular weight is 320 g/mol. The van der Waals surface area contributed by atoms with Crippen LogP contribution in [0.5, 0.6) is 0 Å². The Hall–Kier alpha value is -0.840. The molecule has 1 saturated heterocycles. The SMILES string of the molecule is CN(C(=O)CCC1CCNCC1)c1cccnc1.Cl.Cl. The molecule has 0 spiro atoms. The highest BCUT2D eigenvalue weighted by Gasteiger charge is 2.16. The van der Waals surface area contributed by atoms with E-state index in [1.54, 1.807) is 17.3 Å². The third-order valence-corrected chi connectivity index (χ3v) is 3.63. The van der Waals surface area contributed by atoms with E-state index in [0.29, 0.717) is 12.3 Å². The van der Waals surface area contributed by atoms with Crippen LogP contribution in [-0.4, -0.2) is 31.0 Å². The molecule has 1 fully saturated rings. The van der Waals surface area contributed by atoms with Crippen LogP contribution >= 0.6 is 24.8 Å². The fraction of sp³-hybridized carbons (Fsp3) is 0.571. The van der Waals surface area contributed by atoms with Crippen molar-refractivity contribution in [3.8, 4) is 0 Å². The second-order valence-electron chi connectivity index (χ2n) is 4.90. The van der Waals surface area contributed by atoms with Gasteiger partial charge < -0.3 is 10.2 Å². The Morgan fingerprint density at radius 3 is 2.70 bits per heavy atom. The number of rotatable bonds is 4. The van der Waals surface area contributed by atoms with Gasteiger partial charge in [0.1, 0.15) is 0 Å². The minimum Gasteiger partial charge on any atom is -0.317 e. The summed E-state index contributed by atoms with van der Waals surface area (Å²) in [6.07, 6.45) is 7.48. The van der Waals surface area contributed by atoms with Crippen molar-refractivity contribution in [3.05, 3.63) is 24.5 Å². The lowest BCUT2D eigenvalue weighted by molar-refractivity contribution is -0.118. The highest BCUT2D eigenvalue weighted by atomic mass is 35.5. The molecular weight excluding hydrogens is 297 g/mol. The lowest BCUT2D eigenvalue weighted by atomic mass is 9.93. The maximum atomic E-state index is 12.1. The van der Waals surface area contributed by atoms with Crippen molar-refractivity contribution >= 4 is 36.4 Å². The van der Waals surface area contributed by atoms with Gasteiger partial charge in [0.2, 0.25) is 5.91 Å². The van der Waals surface area contributed by atoms with Crippen molar-refractivity contribution in [3.63, 3.8) is 0 Å². The van der Waals surface area contributed by atoms with Gasteiger partial charge in [-0.3, -0.25) is 9.78 Å². The molecule has 1 aliphatic rings. The quantitative estimate of drug-likeness (QED) is 0.928. The van der Waals surface area contributed by atoms with E-state index in [1.807, 2.05) is 19.2 Å². The Kier molecular flexibility index (Phi) is 9.55. The number of nitrogens with one attached hydrogen (secondary N) is 1. The van der Waals surface area contributed by atoms with Gasteiger partial charge in [-0.2, -0.15) is 0 Å². The standard InChI is InChI=1S/C14H21N3O.2ClH/c1-17(13-3-2-8-16-11-13)14(18)5-4-12-6-9-15-10-7-12;;/h2-3,8,11-12,15H,4-7,9-10H2,1H3;2*1H. The molecule has 20 heavy (non-hydrogen) atoms. The van der Waals surface area contributed by atoms with Crippen LogP contribution in [0.1, 0.15) is 25.7 Å². The number of carbonyl (C=O) groups excluding carboxylic acids is 1. The van der Waals surface area contributed by atoms with Crippen molar-refractivity contribution in [2.45, 2.75) is 25.7 Å². The molecule has 1 aliphatic heterocycles. The van der Waals surface area contributed by atoms with Gasteiger partial charge in [-0.15, -0.1) is 24.8 Å². The Labute approximate surface area is 133 Å². The Bertz CT molecular complexity index is 383. The molecule has 0 bridgehead atoms. The Balaban J connectivity index is 0.00000180. The van der Waals surface area contributed by atoms with Crippen molar-refractivity contribution in [2.75, 3.05) is 25.0 Å². The third kappa shape index (κ3) is 5.65. The van der Waals surface area contributed by atoms with Crippen LogP contribution in [0.2, 0.25) is 0 Å². The molecule has 1 aromatic heterocycles. The summed E-state index contributed by atoms with van der Waals surface area (Å²) in [7, 11) is 1.82. The predicted molar refractivity (Wildman–Crippen MR) is 87.0 cm³/mol. The van der Waals surface area contributed by atoms with Gasteiger partial charge >= 0.3 is 0 Å². The number of amides is 1. The summed E-state index contributed by atoms with van der Waals surface area (Å²) in [6.45, 7) is 2.19. The molecule has 0 saturated carbocycles. The number of hydrogen-bond donors (Lipinski definition) is 1. The van der Waals surface area contributed by atoms with E-state index < -0.39 is 0 Å². The highest BCUT2D eigenvalue weighted by molar-refractivity contribution is 5.92. The molecule has 1 N–H and O–H groups in total. The number of piperidine rings is 1. The number of hydrogen-bond acceptors (Lipinski definition) is 3. The summed E-state index contributed by atoms with van der Waals surface area (Å²) in [5.41, 5.74) is 0.868. The van der Waals surface area contributed by atoms with Gasteiger partial charge in [-0.05, 0) is 50.4 Å². The number of anilines is 1. The first kappa shape index (κ1) is 19.2. The van der Waals surface area contributed by atoms with E-state index >= 15 is 0 Å². The second kappa shape index (κ2) is 9.97. The van der Waals surface area contributed by atoms with E-state index in [-0.39, 0.29) is 30.7 Å². The maximum absolute atomic E-state index is 12.1. The fourth-order valence-electron chi connectivity index (χ4n) is 2.36. The number of pyridine rings is 1. The number of aromatic nitrogens is 1. The van der Waals surface area contributed by atoms with E-state index in [0.717, 1.165) is 25.2 Å². The van der Waals surface area contributed by atoms with E-state index in [9.17, 15) is 4.79 Å². The second-order valence-corrected chi connectivity index (χ2v) is 4.90. The van der Waals surface area contributed by atoms with Crippen LogP contribution in [0.3, 0.4) is 0 Å². The molecule has 0 radical (unpaired) electrons. The first-order valence-electron chi connectivity index (χ1n) is 6.64. The Morgan fingerprint density at radius 2 is 2.10 bits per heavy atom. The molecule has 2 rings (SSSR count). The Morgan fingerprint density at radius 1 is 1.40 bits per heavy atom. The van der Waals surface area contributed by atoms with Crippen molar-refractivity contribution < 1.29 is 4.79 Å². The van der Waals surface area contributed by atoms with Crippen LogP contribution in [0, 0.1) is 5.92 Å². The highest BCUT2D eigenvalue weighted by Crippen LogP contribution is 2.19. The zero-order valence-electron chi connectivity index (χ0n) is 11.7. The molecule has 114 valence electrons. The molecular formula is C14H23Cl2N3O. The summed E-state index contributed by atoms with van der Waals surface area (Å²) < 4.78 is 0. The fourth-order valence-corrected chi connectivity index (χ4v) is 2.36. The average Bonchev–Trinajstić information content (AvgIpc) is 2.46. The zero-order chi connectivity index (χ0) is 12.8. The molecule has 6 heteroatoms. The van der Waals surface area contributed by atoms with Crippen LogP contribution in [0.4, 0.5) is 5.69 Å². The van der Waals surface area contributed by atoms with Gasteiger partial charge in [0.15, 0.2) is 0 Å². The molecule has 1 aromatic rings. The van der Waals surface area contributed by atoms with Gasteiger partial charge in [0.25, 0.3) is 0 Å². The van der Waals surface area contributed by atoms with Crippen molar-refractivity contribution in [1.82, 2.24) is 10.3 Å².